The maximum Gasteiger partial charge on any atom is 0.266 e. The molecular weight excluding hydrogens is 451 g/mol. The van der Waals surface area contributed by atoms with E-state index in [1.165, 1.54) is 24.3 Å². The van der Waals surface area contributed by atoms with Crippen LogP contribution < -0.4 is 22.2 Å². The number of nitrogens with zero attached hydrogens (tertiary/aromatic N) is 2. The Morgan fingerprint density at radius 1 is 0.531 bits per heavy atom. The van der Waals surface area contributed by atoms with Crippen molar-refractivity contribution >= 4 is 44.7 Å². The van der Waals surface area contributed by atoms with Gasteiger partial charge in [0.2, 0.25) is 0 Å². The predicted molar refractivity (Wildman–Crippen MR) is 127 cm³/mol. The molecule has 3 aromatic carbocycles. The quantitative estimate of drug-likeness (QED) is 0.397. The molecule has 0 aliphatic rings. The third kappa shape index (κ3) is 2.80. The molecule has 5 rings (SSSR count). The molecule has 0 aliphatic carbocycles. The molecule has 0 unspecified atom stereocenters. The molecule has 0 saturated heterocycles. The van der Waals surface area contributed by atoms with E-state index < -0.39 is 22.2 Å². The zero-order valence-electron chi connectivity index (χ0n) is 16.9. The fourth-order valence-corrected chi connectivity index (χ4v) is 4.39. The molecule has 0 spiro atoms. The fraction of sp³-hybridized carbons (Fsp3) is 0.0833. The second-order valence-corrected chi connectivity index (χ2v) is 8.57. The lowest BCUT2D eigenvalue weighted by molar-refractivity contribution is 0.975. The molecule has 2 heterocycles. The molecule has 0 N–H and O–H groups in total. The van der Waals surface area contributed by atoms with Gasteiger partial charge in [0.1, 0.15) is 0 Å². The van der Waals surface area contributed by atoms with Crippen molar-refractivity contribution in [2.24, 2.45) is 0 Å². The van der Waals surface area contributed by atoms with Crippen LogP contribution in [0.4, 0.5) is 0 Å². The van der Waals surface area contributed by atoms with E-state index in [-0.39, 0.29) is 21.5 Å². The minimum atomic E-state index is -0.573. The number of halogens is 2. The summed E-state index contributed by atoms with van der Waals surface area (Å²) >= 11 is 12.1. The van der Waals surface area contributed by atoms with Gasteiger partial charge >= 0.3 is 0 Å². The molecule has 0 bridgehead atoms. The van der Waals surface area contributed by atoms with Gasteiger partial charge in [-0.25, -0.2) is 9.13 Å². The minimum absolute atomic E-state index is 0.0685. The first-order chi connectivity index (χ1) is 15.2. The number of hydrogen-bond acceptors (Lipinski definition) is 4. The summed E-state index contributed by atoms with van der Waals surface area (Å²) < 4.78 is 2.05. The van der Waals surface area contributed by atoms with Crippen molar-refractivity contribution in [1.82, 2.24) is 9.13 Å². The molecule has 0 aliphatic heterocycles. The monoisotopic (exact) mass is 464 g/mol. The average Bonchev–Trinajstić information content (AvgIpc) is 3.15. The average molecular weight is 465 g/mol. The van der Waals surface area contributed by atoms with E-state index in [1.54, 1.807) is 38.1 Å². The van der Waals surface area contributed by atoms with Crippen molar-refractivity contribution in [1.29, 1.82) is 0 Å². The molecule has 5 aromatic rings. The zero-order chi connectivity index (χ0) is 22.9. The van der Waals surface area contributed by atoms with Gasteiger partial charge in [0, 0.05) is 10.0 Å². The van der Waals surface area contributed by atoms with Crippen molar-refractivity contribution in [2.75, 3.05) is 0 Å². The van der Waals surface area contributed by atoms with Crippen LogP contribution in [0.3, 0.4) is 0 Å². The third-order valence-electron chi connectivity index (χ3n) is 5.72. The summed E-state index contributed by atoms with van der Waals surface area (Å²) in [7, 11) is 0. The molecule has 0 amide bonds. The molecule has 0 saturated carbocycles. The first kappa shape index (κ1) is 20.4. The Morgan fingerprint density at radius 3 is 1.16 bits per heavy atom. The Kier molecular flexibility index (Phi) is 4.48. The molecule has 0 atom stereocenters. The summed E-state index contributed by atoms with van der Waals surface area (Å²) in [5.74, 6) is 0. The van der Waals surface area contributed by atoms with Gasteiger partial charge in [0.05, 0.1) is 32.9 Å². The Labute approximate surface area is 190 Å². The van der Waals surface area contributed by atoms with Crippen LogP contribution in [0.5, 0.6) is 0 Å². The molecule has 158 valence electrons. The lowest BCUT2D eigenvalue weighted by Crippen LogP contribution is -2.25. The Balaban J connectivity index is 1.88. The Bertz CT molecular complexity index is 1600. The fourth-order valence-electron chi connectivity index (χ4n) is 4.06. The van der Waals surface area contributed by atoms with Gasteiger partial charge in [0.15, 0.2) is 0 Å². The van der Waals surface area contributed by atoms with Gasteiger partial charge in [-0.3, -0.25) is 19.2 Å². The van der Waals surface area contributed by atoms with Gasteiger partial charge in [-0.2, -0.15) is 0 Å². The van der Waals surface area contributed by atoms with Crippen LogP contribution in [0.25, 0.3) is 32.9 Å². The normalized spacial score (nSPS) is 11.6. The van der Waals surface area contributed by atoms with Crippen LogP contribution >= 0.6 is 23.2 Å². The number of rotatable bonds is 2. The minimum Gasteiger partial charge on any atom is -0.268 e. The standard InChI is InChI=1S/C24H14Cl2N2O4/c1-11-3-5-13(25)7-19(11)27-21(29)15-9-17-18(10-16(15)22(27)30)24(32)28(23(17)31)20-8-14(26)6-4-12(20)2/h3-10H,1-2H3. The van der Waals surface area contributed by atoms with E-state index in [9.17, 15) is 19.2 Å². The zero-order valence-corrected chi connectivity index (χ0v) is 18.4. The first-order valence-corrected chi connectivity index (χ1v) is 10.4. The lowest BCUT2D eigenvalue weighted by Gasteiger charge is -2.05. The largest absolute Gasteiger partial charge is 0.268 e. The summed E-state index contributed by atoms with van der Waals surface area (Å²) in [4.78, 5) is 52.6. The van der Waals surface area contributed by atoms with Crippen LogP contribution in [-0.2, 0) is 0 Å². The van der Waals surface area contributed by atoms with E-state index in [0.717, 1.165) is 9.13 Å². The number of hydrogen-bond donors (Lipinski definition) is 0. The number of aromatic nitrogens is 2. The van der Waals surface area contributed by atoms with Crippen LogP contribution in [0, 0.1) is 13.8 Å². The maximum absolute atomic E-state index is 13.1. The van der Waals surface area contributed by atoms with E-state index in [2.05, 4.69) is 0 Å². The van der Waals surface area contributed by atoms with Gasteiger partial charge in [0.25, 0.3) is 22.2 Å². The molecule has 32 heavy (non-hydrogen) atoms. The number of aryl methyl sites for hydroxylation is 2. The van der Waals surface area contributed by atoms with E-state index in [0.29, 0.717) is 32.5 Å². The van der Waals surface area contributed by atoms with E-state index in [1.807, 2.05) is 0 Å². The molecule has 2 aromatic heterocycles. The van der Waals surface area contributed by atoms with Crippen molar-refractivity contribution in [3.05, 3.63) is 111 Å². The predicted octanol–water partition coefficient (Wildman–Crippen LogP) is 3.81. The van der Waals surface area contributed by atoms with Crippen molar-refractivity contribution in [2.45, 2.75) is 13.8 Å². The van der Waals surface area contributed by atoms with Crippen molar-refractivity contribution in [3.8, 4) is 11.4 Å². The smallest absolute Gasteiger partial charge is 0.266 e. The summed E-state index contributed by atoms with van der Waals surface area (Å²) in [6, 6.07) is 12.5. The van der Waals surface area contributed by atoms with Crippen LogP contribution in [0.15, 0.2) is 67.7 Å². The molecule has 0 fully saturated rings. The van der Waals surface area contributed by atoms with Crippen molar-refractivity contribution in [3.63, 3.8) is 0 Å². The SMILES string of the molecule is Cc1ccc(Cl)cc1-n1c(=O)c2cc3c(=O)n(-c4cc(Cl)ccc4C)c(=O)c3cc2c1=O. The van der Waals surface area contributed by atoms with E-state index in [4.69, 9.17) is 23.2 Å². The lowest BCUT2D eigenvalue weighted by atomic mass is 10.1. The van der Waals surface area contributed by atoms with E-state index >= 15 is 0 Å². The van der Waals surface area contributed by atoms with Gasteiger partial charge in [-0.1, -0.05) is 35.3 Å². The highest BCUT2D eigenvalue weighted by molar-refractivity contribution is 6.31. The second kappa shape index (κ2) is 7.02. The number of benzene rings is 3. The third-order valence-corrected chi connectivity index (χ3v) is 6.19. The van der Waals surface area contributed by atoms with Crippen LogP contribution in [0.1, 0.15) is 11.1 Å². The summed E-state index contributed by atoms with van der Waals surface area (Å²) in [6.45, 7) is 3.51. The molecule has 6 nitrogen and oxygen atoms in total. The summed E-state index contributed by atoms with van der Waals surface area (Å²) in [5, 5.41) is 1.03. The Hall–Kier alpha value is -3.48. The summed E-state index contributed by atoms with van der Waals surface area (Å²) in [5.41, 5.74) is -0.203. The highest BCUT2D eigenvalue weighted by Gasteiger charge is 2.22. The van der Waals surface area contributed by atoms with Gasteiger partial charge in [-0.15, -0.1) is 0 Å². The topological polar surface area (TPSA) is 78.1 Å². The molecular formula is C24H14Cl2N2O4. The molecule has 8 heteroatoms. The first-order valence-electron chi connectivity index (χ1n) is 9.67. The number of fused-ring (bicyclic) bond motifs is 2. The van der Waals surface area contributed by atoms with Crippen LogP contribution in [-0.4, -0.2) is 9.13 Å². The highest BCUT2D eigenvalue weighted by Crippen LogP contribution is 2.22. The highest BCUT2D eigenvalue weighted by atomic mass is 35.5. The Morgan fingerprint density at radius 2 is 0.844 bits per heavy atom. The summed E-state index contributed by atoms with van der Waals surface area (Å²) in [6.07, 6.45) is 0. The van der Waals surface area contributed by atoms with Gasteiger partial charge in [-0.05, 0) is 61.4 Å². The second-order valence-electron chi connectivity index (χ2n) is 7.70. The van der Waals surface area contributed by atoms with Crippen LogP contribution in [0.2, 0.25) is 10.0 Å². The molecule has 0 radical (unpaired) electrons. The maximum atomic E-state index is 13.1. The van der Waals surface area contributed by atoms with Crippen molar-refractivity contribution < 1.29 is 0 Å². The van der Waals surface area contributed by atoms with Gasteiger partial charge < -0.3 is 0 Å².